The third-order valence-corrected chi connectivity index (χ3v) is 7.08. The summed E-state index contributed by atoms with van der Waals surface area (Å²) in [4.78, 5) is 0. The maximum Gasteiger partial charge on any atom is 0.250 e. The molecule has 0 bridgehead atoms. The molecule has 31 heavy (non-hydrogen) atoms. The summed E-state index contributed by atoms with van der Waals surface area (Å²) in [5.41, 5.74) is 2.32. The van der Waals surface area contributed by atoms with E-state index in [1.54, 1.807) is 49.4 Å². The van der Waals surface area contributed by atoms with E-state index in [2.05, 4.69) is 9.82 Å². The summed E-state index contributed by atoms with van der Waals surface area (Å²) in [5, 5.41) is 4.42. The third-order valence-electron chi connectivity index (χ3n) is 4.84. The summed E-state index contributed by atoms with van der Waals surface area (Å²) < 4.78 is 62.8. The Labute approximate surface area is 182 Å². The van der Waals surface area contributed by atoms with E-state index < -0.39 is 26.1 Å². The Bertz CT molecular complexity index is 1190. The molecule has 1 atom stereocenters. The van der Waals surface area contributed by atoms with Gasteiger partial charge in [-0.05, 0) is 30.7 Å². The lowest BCUT2D eigenvalue weighted by molar-refractivity contribution is 0.328. The van der Waals surface area contributed by atoms with Crippen molar-refractivity contribution in [2.45, 2.75) is 19.4 Å². The van der Waals surface area contributed by atoms with Crippen molar-refractivity contribution in [3.63, 3.8) is 0 Å². The van der Waals surface area contributed by atoms with Crippen LogP contribution in [0.5, 0.6) is 11.5 Å². The number of anilines is 1. The van der Waals surface area contributed by atoms with Gasteiger partial charge in [0.15, 0.2) is 11.5 Å². The van der Waals surface area contributed by atoms with Crippen LogP contribution in [0.25, 0.3) is 0 Å². The Morgan fingerprint density at radius 3 is 2.29 bits per heavy atom. The maximum absolute atomic E-state index is 12.8. The highest BCUT2D eigenvalue weighted by atomic mass is 32.2. The van der Waals surface area contributed by atoms with Crippen LogP contribution < -0.4 is 14.2 Å². The van der Waals surface area contributed by atoms with Gasteiger partial charge in [-0.2, -0.15) is 9.52 Å². The average Bonchev–Trinajstić information content (AvgIpc) is 3.18. The molecule has 0 spiro atoms. The number of nitrogens with one attached hydrogen (secondary N) is 1. The quantitative estimate of drug-likeness (QED) is 0.638. The second kappa shape index (κ2) is 8.75. The topological polar surface area (TPSA) is 114 Å². The Hall–Kier alpha value is -2.79. The zero-order valence-electron chi connectivity index (χ0n) is 17.7. The van der Waals surface area contributed by atoms with E-state index in [0.717, 1.165) is 10.7 Å². The van der Waals surface area contributed by atoms with E-state index in [0.29, 0.717) is 40.4 Å². The number of ether oxygens (including phenoxy) is 2. The molecular weight excluding hydrogens is 442 g/mol. The van der Waals surface area contributed by atoms with Gasteiger partial charge in [-0.3, -0.25) is 4.72 Å². The number of hydrogen-bond donors (Lipinski definition) is 1. The van der Waals surface area contributed by atoms with E-state index in [-0.39, 0.29) is 5.75 Å². The predicted octanol–water partition coefficient (Wildman–Crippen LogP) is 2.58. The van der Waals surface area contributed by atoms with Gasteiger partial charge in [0.25, 0.3) is 0 Å². The Balaban J connectivity index is 2.02. The average molecular weight is 468 g/mol. The van der Waals surface area contributed by atoms with Gasteiger partial charge in [0, 0.05) is 17.7 Å². The summed E-state index contributed by atoms with van der Waals surface area (Å²) in [6.07, 6.45) is 1.39. The van der Waals surface area contributed by atoms with Crippen molar-refractivity contribution in [1.29, 1.82) is 0 Å². The van der Waals surface area contributed by atoms with Crippen molar-refractivity contribution >= 4 is 31.4 Å². The summed E-state index contributed by atoms with van der Waals surface area (Å²) in [6.45, 7) is 1.56. The number of rotatable bonds is 8. The van der Waals surface area contributed by atoms with E-state index in [4.69, 9.17) is 9.47 Å². The number of hydrogen-bond acceptors (Lipinski definition) is 7. The number of nitrogens with zero attached hydrogens (tertiary/aromatic N) is 2. The largest absolute Gasteiger partial charge is 0.493 e. The molecule has 0 saturated carbocycles. The molecule has 0 fully saturated rings. The molecule has 0 radical (unpaired) electrons. The van der Waals surface area contributed by atoms with Gasteiger partial charge in [0.05, 0.1) is 38.0 Å². The molecule has 1 aliphatic rings. The summed E-state index contributed by atoms with van der Waals surface area (Å²) in [7, 11) is -4.03. The SMILES string of the molecule is CCS(=O)(=O)N1N=C(c2ccc(NS(C)(=O)=O)cc2)C[C@@H]1c1cccc(OC)c1OC. The van der Waals surface area contributed by atoms with Gasteiger partial charge in [-0.25, -0.2) is 16.8 Å². The first-order valence-corrected chi connectivity index (χ1v) is 13.0. The summed E-state index contributed by atoms with van der Waals surface area (Å²) >= 11 is 0. The van der Waals surface area contributed by atoms with E-state index in [9.17, 15) is 16.8 Å². The second-order valence-electron chi connectivity index (χ2n) is 6.97. The lowest BCUT2D eigenvalue weighted by atomic mass is 9.98. The lowest BCUT2D eigenvalue weighted by Crippen LogP contribution is -2.28. The Morgan fingerprint density at radius 1 is 1.06 bits per heavy atom. The molecule has 0 unspecified atom stereocenters. The van der Waals surface area contributed by atoms with Gasteiger partial charge >= 0.3 is 0 Å². The number of methoxy groups -OCH3 is 2. The van der Waals surface area contributed by atoms with Crippen molar-refractivity contribution in [1.82, 2.24) is 4.41 Å². The first-order chi connectivity index (χ1) is 14.6. The van der Waals surface area contributed by atoms with Crippen LogP contribution >= 0.6 is 0 Å². The smallest absolute Gasteiger partial charge is 0.250 e. The standard InChI is InChI=1S/C20H25N3O6S2/c1-5-31(26,27)23-18(16-7-6-8-19(28-2)20(16)29-3)13-17(21-23)14-9-11-15(12-10-14)22-30(4,24)25/h6-12,18,22H,5,13H2,1-4H3/t18-/m1/s1. The van der Waals surface area contributed by atoms with Gasteiger partial charge in [0.1, 0.15) is 0 Å². The van der Waals surface area contributed by atoms with Crippen molar-refractivity contribution in [2.24, 2.45) is 5.10 Å². The molecule has 1 N–H and O–H groups in total. The van der Waals surface area contributed by atoms with Crippen LogP contribution in [0.1, 0.15) is 30.5 Å². The predicted molar refractivity (Wildman–Crippen MR) is 120 cm³/mol. The molecule has 3 rings (SSSR count). The minimum absolute atomic E-state index is 0.107. The fourth-order valence-electron chi connectivity index (χ4n) is 3.40. The zero-order valence-corrected chi connectivity index (χ0v) is 19.3. The highest BCUT2D eigenvalue weighted by Crippen LogP contribution is 2.42. The normalized spacial score (nSPS) is 16.7. The summed E-state index contributed by atoms with van der Waals surface area (Å²) in [5.74, 6) is 0.845. The van der Waals surface area contributed by atoms with Gasteiger partial charge in [-0.1, -0.05) is 24.3 Å². The van der Waals surface area contributed by atoms with Crippen LogP contribution in [-0.4, -0.2) is 53.2 Å². The number of sulfonamides is 2. The monoisotopic (exact) mass is 467 g/mol. The zero-order chi connectivity index (χ0) is 22.8. The Morgan fingerprint density at radius 2 is 1.74 bits per heavy atom. The van der Waals surface area contributed by atoms with Gasteiger partial charge < -0.3 is 9.47 Å². The first-order valence-electron chi connectivity index (χ1n) is 9.48. The van der Waals surface area contributed by atoms with Crippen LogP contribution in [0.3, 0.4) is 0 Å². The van der Waals surface area contributed by atoms with Crippen LogP contribution in [0.4, 0.5) is 5.69 Å². The minimum Gasteiger partial charge on any atom is -0.493 e. The maximum atomic E-state index is 12.8. The molecule has 1 heterocycles. The highest BCUT2D eigenvalue weighted by molar-refractivity contribution is 7.92. The molecule has 0 amide bonds. The molecule has 9 nitrogen and oxygen atoms in total. The van der Waals surface area contributed by atoms with E-state index in [1.165, 1.54) is 14.2 Å². The fourth-order valence-corrected chi connectivity index (χ4v) is 5.03. The van der Waals surface area contributed by atoms with Crippen LogP contribution in [0.15, 0.2) is 47.6 Å². The molecule has 1 aliphatic heterocycles. The van der Waals surface area contributed by atoms with Gasteiger partial charge in [0.2, 0.25) is 20.0 Å². The fraction of sp³-hybridized carbons (Fsp3) is 0.350. The molecule has 0 saturated heterocycles. The molecule has 0 aromatic heterocycles. The van der Waals surface area contributed by atoms with Gasteiger partial charge in [-0.15, -0.1) is 0 Å². The van der Waals surface area contributed by atoms with Crippen molar-refractivity contribution in [2.75, 3.05) is 31.0 Å². The first kappa shape index (κ1) is 22.9. The van der Waals surface area contributed by atoms with Crippen LogP contribution in [0, 0.1) is 0 Å². The van der Waals surface area contributed by atoms with Crippen LogP contribution in [-0.2, 0) is 20.0 Å². The molecule has 11 heteroatoms. The van der Waals surface area contributed by atoms with Crippen molar-refractivity contribution in [3.05, 3.63) is 53.6 Å². The van der Waals surface area contributed by atoms with Crippen molar-refractivity contribution < 1.29 is 26.3 Å². The number of para-hydroxylation sites is 1. The molecule has 168 valence electrons. The number of hydrazone groups is 1. The lowest BCUT2D eigenvalue weighted by Gasteiger charge is -2.24. The van der Waals surface area contributed by atoms with Crippen molar-refractivity contribution in [3.8, 4) is 11.5 Å². The molecule has 2 aromatic carbocycles. The van der Waals surface area contributed by atoms with Crippen LogP contribution in [0.2, 0.25) is 0 Å². The third kappa shape index (κ3) is 4.93. The molecule has 0 aliphatic carbocycles. The minimum atomic E-state index is -3.66. The Kier molecular flexibility index (Phi) is 6.46. The highest BCUT2D eigenvalue weighted by Gasteiger charge is 2.38. The summed E-state index contributed by atoms with van der Waals surface area (Å²) in [6, 6.07) is 11.3. The van der Waals surface area contributed by atoms with E-state index in [1.807, 2.05) is 0 Å². The molecule has 2 aromatic rings. The van der Waals surface area contributed by atoms with E-state index >= 15 is 0 Å². The number of benzene rings is 2. The second-order valence-corrected chi connectivity index (χ2v) is 10.8. The molecular formula is C20H25N3O6S2.